The van der Waals surface area contributed by atoms with Crippen molar-refractivity contribution in [3.8, 4) is 11.3 Å². The Morgan fingerprint density at radius 2 is 1.97 bits per heavy atom. The minimum absolute atomic E-state index is 0.0867. The number of hydrogen-bond acceptors (Lipinski definition) is 7. The smallest absolute Gasteiger partial charge is 0.197 e. The van der Waals surface area contributed by atoms with Crippen molar-refractivity contribution in [2.45, 2.75) is 25.2 Å². The molecule has 7 heteroatoms. The second-order valence-electron chi connectivity index (χ2n) is 8.08. The Balaban J connectivity index is 1.33. The number of nitrogens with zero attached hydrogens (tertiary/aromatic N) is 5. The number of rotatable bonds is 5. The Hall–Kier alpha value is -3.45. The molecular formula is C24H23N5O2. The molecule has 5 heterocycles. The normalized spacial score (nSPS) is 15.4. The maximum atomic E-state index is 12.8. The van der Waals surface area contributed by atoms with E-state index in [0.29, 0.717) is 17.3 Å². The molecule has 156 valence electrons. The molecule has 1 saturated heterocycles. The van der Waals surface area contributed by atoms with Crippen molar-refractivity contribution in [2.75, 3.05) is 20.1 Å². The van der Waals surface area contributed by atoms with Gasteiger partial charge in [0.2, 0.25) is 0 Å². The summed E-state index contributed by atoms with van der Waals surface area (Å²) in [4.78, 5) is 32.7. The van der Waals surface area contributed by atoms with Crippen LogP contribution in [0.4, 0.5) is 0 Å². The zero-order chi connectivity index (χ0) is 21.2. The summed E-state index contributed by atoms with van der Waals surface area (Å²) >= 11 is 0. The number of likely N-dealkylation sites (tertiary alicyclic amines) is 1. The van der Waals surface area contributed by atoms with Gasteiger partial charge < -0.3 is 9.32 Å². The molecule has 31 heavy (non-hydrogen) atoms. The Kier molecular flexibility index (Phi) is 5.26. The lowest BCUT2D eigenvalue weighted by atomic mass is 9.97. The lowest BCUT2D eigenvalue weighted by molar-refractivity contribution is 0.0987. The van der Waals surface area contributed by atoms with E-state index >= 15 is 0 Å². The van der Waals surface area contributed by atoms with Gasteiger partial charge in [0.1, 0.15) is 12.0 Å². The van der Waals surface area contributed by atoms with E-state index in [0.717, 1.165) is 48.0 Å². The molecule has 7 nitrogen and oxygen atoms in total. The van der Waals surface area contributed by atoms with Crippen molar-refractivity contribution >= 4 is 16.6 Å². The zero-order valence-corrected chi connectivity index (χ0v) is 17.4. The molecule has 0 unspecified atom stereocenters. The predicted molar refractivity (Wildman–Crippen MR) is 117 cm³/mol. The largest absolute Gasteiger partial charge is 0.448 e. The average molecular weight is 413 g/mol. The number of carbonyl (C=O) groups excluding carboxylic acids is 1. The summed E-state index contributed by atoms with van der Waals surface area (Å²) in [6.45, 7) is 2.04. The van der Waals surface area contributed by atoms with Crippen LogP contribution in [-0.2, 0) is 6.42 Å². The number of oxazole rings is 1. The molecule has 5 rings (SSSR count). The topological polar surface area (TPSA) is 85.0 Å². The Bertz CT molecular complexity index is 1210. The summed E-state index contributed by atoms with van der Waals surface area (Å²) in [6, 6.07) is 7.79. The first-order chi connectivity index (χ1) is 15.2. The molecule has 0 atom stereocenters. The van der Waals surface area contributed by atoms with Crippen molar-refractivity contribution in [3.05, 3.63) is 72.6 Å². The number of piperidine rings is 1. The minimum Gasteiger partial charge on any atom is -0.448 e. The SMILES string of the molecule is CN1CCC(c2nc(C(=O)Cc3cc4cc(-c5cccnc5)ncc4cn3)co2)CC1. The molecule has 0 saturated carbocycles. The summed E-state index contributed by atoms with van der Waals surface area (Å²) in [7, 11) is 2.12. The van der Waals surface area contributed by atoms with E-state index in [4.69, 9.17) is 4.42 Å². The van der Waals surface area contributed by atoms with Crippen LogP contribution in [0.25, 0.3) is 22.0 Å². The van der Waals surface area contributed by atoms with Gasteiger partial charge in [0.05, 0.1) is 12.1 Å². The fraction of sp³-hybridized carbons (Fsp3) is 0.292. The van der Waals surface area contributed by atoms with Gasteiger partial charge in [-0.15, -0.1) is 0 Å². The summed E-state index contributed by atoms with van der Waals surface area (Å²) in [5.74, 6) is 0.876. The van der Waals surface area contributed by atoms with Crippen molar-refractivity contribution in [1.82, 2.24) is 24.8 Å². The molecule has 1 aliphatic rings. The van der Waals surface area contributed by atoms with Crippen LogP contribution in [0.15, 0.2) is 59.7 Å². The monoisotopic (exact) mass is 413 g/mol. The van der Waals surface area contributed by atoms with E-state index in [1.807, 2.05) is 24.3 Å². The summed E-state index contributed by atoms with van der Waals surface area (Å²) < 4.78 is 5.65. The van der Waals surface area contributed by atoms with E-state index in [9.17, 15) is 4.79 Å². The Morgan fingerprint density at radius 1 is 1.13 bits per heavy atom. The molecule has 4 aromatic rings. The number of aromatic nitrogens is 4. The molecular weight excluding hydrogens is 390 g/mol. The fourth-order valence-corrected chi connectivity index (χ4v) is 3.97. The first-order valence-corrected chi connectivity index (χ1v) is 10.5. The molecule has 4 aromatic heterocycles. The van der Waals surface area contributed by atoms with Gasteiger partial charge in [-0.25, -0.2) is 4.98 Å². The summed E-state index contributed by atoms with van der Waals surface area (Å²) in [6.07, 6.45) is 10.7. The first kappa shape index (κ1) is 19.5. The summed E-state index contributed by atoms with van der Waals surface area (Å²) in [5, 5.41) is 1.91. The zero-order valence-electron chi connectivity index (χ0n) is 17.4. The van der Waals surface area contributed by atoms with Crippen LogP contribution < -0.4 is 0 Å². The number of hydrogen-bond donors (Lipinski definition) is 0. The minimum atomic E-state index is -0.0867. The second kappa shape index (κ2) is 8.35. The van der Waals surface area contributed by atoms with Gasteiger partial charge in [-0.3, -0.25) is 19.7 Å². The maximum Gasteiger partial charge on any atom is 0.197 e. The van der Waals surface area contributed by atoms with E-state index in [-0.39, 0.29) is 18.1 Å². The third-order valence-corrected chi connectivity index (χ3v) is 5.83. The number of pyridine rings is 3. The van der Waals surface area contributed by atoms with Crippen LogP contribution in [0, 0.1) is 0 Å². The van der Waals surface area contributed by atoms with Crippen LogP contribution in [0.1, 0.15) is 40.8 Å². The molecule has 0 aliphatic carbocycles. The Morgan fingerprint density at radius 3 is 2.77 bits per heavy atom. The quantitative estimate of drug-likeness (QED) is 0.459. The first-order valence-electron chi connectivity index (χ1n) is 10.5. The number of Topliss-reactive ketones (excluding diaryl/α,β-unsaturated/α-hetero) is 1. The van der Waals surface area contributed by atoms with Crippen LogP contribution in [0.3, 0.4) is 0 Å². The number of fused-ring (bicyclic) bond motifs is 1. The van der Waals surface area contributed by atoms with Crippen LogP contribution >= 0.6 is 0 Å². The molecule has 0 radical (unpaired) electrons. The van der Waals surface area contributed by atoms with Crippen molar-refractivity contribution in [3.63, 3.8) is 0 Å². The van der Waals surface area contributed by atoms with Gasteiger partial charge in [0.25, 0.3) is 0 Å². The van der Waals surface area contributed by atoms with E-state index in [1.54, 1.807) is 24.8 Å². The lowest BCUT2D eigenvalue weighted by Gasteiger charge is -2.26. The lowest BCUT2D eigenvalue weighted by Crippen LogP contribution is -2.29. The predicted octanol–water partition coefficient (Wildman–Crippen LogP) is 3.91. The summed E-state index contributed by atoms with van der Waals surface area (Å²) in [5.41, 5.74) is 2.86. The van der Waals surface area contributed by atoms with Crippen LogP contribution in [-0.4, -0.2) is 50.8 Å². The fourth-order valence-electron chi connectivity index (χ4n) is 3.97. The highest BCUT2D eigenvalue weighted by atomic mass is 16.3. The average Bonchev–Trinajstić information content (AvgIpc) is 3.30. The molecule has 0 aromatic carbocycles. The maximum absolute atomic E-state index is 12.8. The van der Waals surface area contributed by atoms with Gasteiger partial charge in [-0.1, -0.05) is 0 Å². The van der Waals surface area contributed by atoms with Gasteiger partial charge in [0.15, 0.2) is 11.7 Å². The second-order valence-corrected chi connectivity index (χ2v) is 8.08. The highest BCUT2D eigenvalue weighted by molar-refractivity contribution is 5.96. The van der Waals surface area contributed by atoms with E-state index in [1.165, 1.54) is 6.26 Å². The highest BCUT2D eigenvalue weighted by Crippen LogP contribution is 2.27. The van der Waals surface area contributed by atoms with E-state index in [2.05, 4.69) is 31.9 Å². The van der Waals surface area contributed by atoms with Gasteiger partial charge >= 0.3 is 0 Å². The van der Waals surface area contributed by atoms with Gasteiger partial charge in [-0.2, -0.15) is 0 Å². The van der Waals surface area contributed by atoms with Crippen molar-refractivity contribution in [2.24, 2.45) is 0 Å². The molecule has 0 bridgehead atoms. The third-order valence-electron chi connectivity index (χ3n) is 5.83. The van der Waals surface area contributed by atoms with Crippen LogP contribution in [0.5, 0.6) is 0 Å². The third kappa shape index (κ3) is 4.22. The van der Waals surface area contributed by atoms with Crippen molar-refractivity contribution < 1.29 is 9.21 Å². The highest BCUT2D eigenvalue weighted by Gasteiger charge is 2.24. The van der Waals surface area contributed by atoms with Gasteiger partial charge in [-0.05, 0) is 62.6 Å². The molecule has 0 amide bonds. The van der Waals surface area contributed by atoms with Crippen LogP contribution in [0.2, 0.25) is 0 Å². The van der Waals surface area contributed by atoms with E-state index < -0.39 is 0 Å². The molecule has 1 aliphatic heterocycles. The molecule has 0 spiro atoms. The molecule has 0 N–H and O–H groups in total. The van der Waals surface area contributed by atoms with Crippen molar-refractivity contribution in [1.29, 1.82) is 0 Å². The Labute approximate surface area is 180 Å². The standard InChI is InChI=1S/C24H23N5O2/c1-29-7-4-16(5-8-29)24-28-22(15-31-24)23(30)11-20-9-18-10-21(17-3-2-6-25-12-17)27-14-19(18)13-26-20/h2-3,6,9-10,12-16H,4-5,7-8,11H2,1H3. The molecule has 1 fully saturated rings. The van der Waals surface area contributed by atoms with Gasteiger partial charge in [0, 0.05) is 47.3 Å². The number of carbonyl (C=O) groups is 1. The number of ketones is 1.